The summed E-state index contributed by atoms with van der Waals surface area (Å²) in [5.41, 5.74) is 3.98. The number of benzene rings is 1. The van der Waals surface area contributed by atoms with Crippen LogP contribution < -0.4 is 5.32 Å². The SMILES string of the molecule is Cc1ccc(C)c(COC2CCNCC2)c1.O=C(O)C(F)(F)F. The second kappa shape index (κ2) is 8.88. The molecule has 0 amide bonds. The number of carboxylic acids is 1. The van der Waals surface area contributed by atoms with Gasteiger partial charge in [0.25, 0.3) is 0 Å². The predicted molar refractivity (Wildman–Crippen MR) is 80.3 cm³/mol. The first-order valence-electron chi connectivity index (χ1n) is 7.38. The molecule has 0 saturated carbocycles. The van der Waals surface area contributed by atoms with Crippen molar-refractivity contribution in [3.63, 3.8) is 0 Å². The van der Waals surface area contributed by atoms with Crippen molar-refractivity contribution < 1.29 is 27.8 Å². The van der Waals surface area contributed by atoms with Gasteiger partial charge in [-0.15, -0.1) is 0 Å². The normalized spacial score (nSPS) is 15.7. The van der Waals surface area contributed by atoms with Crippen LogP contribution in [-0.4, -0.2) is 36.4 Å². The quantitative estimate of drug-likeness (QED) is 0.892. The van der Waals surface area contributed by atoms with Crippen molar-refractivity contribution in [2.24, 2.45) is 0 Å². The van der Waals surface area contributed by atoms with Crippen LogP contribution in [0.1, 0.15) is 29.5 Å². The summed E-state index contributed by atoms with van der Waals surface area (Å²) in [5, 5.41) is 10.5. The topological polar surface area (TPSA) is 58.6 Å². The summed E-state index contributed by atoms with van der Waals surface area (Å²) in [6.07, 6.45) is -2.35. The monoisotopic (exact) mass is 333 g/mol. The van der Waals surface area contributed by atoms with Gasteiger partial charge in [-0.05, 0) is 50.9 Å². The number of piperidine rings is 1. The molecule has 0 unspecified atom stereocenters. The van der Waals surface area contributed by atoms with Crippen LogP contribution in [0, 0.1) is 13.8 Å². The van der Waals surface area contributed by atoms with Crippen LogP contribution in [-0.2, 0) is 16.1 Å². The van der Waals surface area contributed by atoms with E-state index in [0.29, 0.717) is 6.10 Å². The summed E-state index contributed by atoms with van der Waals surface area (Å²) in [4.78, 5) is 8.90. The molecule has 1 heterocycles. The van der Waals surface area contributed by atoms with Crippen LogP contribution in [0.3, 0.4) is 0 Å². The van der Waals surface area contributed by atoms with Crippen LogP contribution in [0.25, 0.3) is 0 Å². The molecule has 0 atom stereocenters. The molecule has 1 saturated heterocycles. The van der Waals surface area contributed by atoms with Crippen molar-refractivity contribution in [3.8, 4) is 0 Å². The van der Waals surface area contributed by atoms with Crippen LogP contribution in [0.2, 0.25) is 0 Å². The first kappa shape index (κ1) is 19.4. The standard InChI is InChI=1S/C14H21NO.C2HF3O2/c1-11-3-4-12(2)13(9-11)10-16-14-5-7-15-8-6-14;3-2(4,5)1(6)7/h3-4,9,14-15H,5-8,10H2,1-2H3;(H,6,7). The third-order valence-electron chi connectivity index (χ3n) is 3.51. The van der Waals surface area contributed by atoms with Crippen molar-refractivity contribution in [1.82, 2.24) is 5.32 Å². The highest BCUT2D eigenvalue weighted by Crippen LogP contribution is 2.15. The van der Waals surface area contributed by atoms with Crippen LogP contribution in [0.15, 0.2) is 18.2 Å². The maximum absolute atomic E-state index is 10.6. The minimum Gasteiger partial charge on any atom is -0.475 e. The van der Waals surface area contributed by atoms with E-state index in [-0.39, 0.29) is 0 Å². The third kappa shape index (κ3) is 7.47. The van der Waals surface area contributed by atoms with Gasteiger partial charge in [-0.1, -0.05) is 23.8 Å². The highest BCUT2D eigenvalue weighted by molar-refractivity contribution is 5.73. The first-order chi connectivity index (χ1) is 10.7. The molecule has 0 radical (unpaired) electrons. The van der Waals surface area contributed by atoms with Gasteiger partial charge < -0.3 is 15.2 Å². The summed E-state index contributed by atoms with van der Waals surface area (Å²) in [7, 11) is 0. The lowest BCUT2D eigenvalue weighted by Gasteiger charge is -2.23. The van der Waals surface area contributed by atoms with E-state index in [9.17, 15) is 13.2 Å². The molecule has 4 nitrogen and oxygen atoms in total. The van der Waals surface area contributed by atoms with Gasteiger partial charge in [0.1, 0.15) is 0 Å². The molecule has 0 bridgehead atoms. The zero-order chi connectivity index (χ0) is 17.5. The summed E-state index contributed by atoms with van der Waals surface area (Å²) >= 11 is 0. The van der Waals surface area contributed by atoms with Crippen molar-refractivity contribution in [1.29, 1.82) is 0 Å². The maximum atomic E-state index is 10.6. The molecule has 23 heavy (non-hydrogen) atoms. The van der Waals surface area contributed by atoms with E-state index in [4.69, 9.17) is 14.6 Å². The molecule has 0 spiro atoms. The first-order valence-corrected chi connectivity index (χ1v) is 7.38. The lowest BCUT2D eigenvalue weighted by Crippen LogP contribution is -2.32. The Balaban J connectivity index is 0.000000322. The Labute approximate surface area is 133 Å². The molecular formula is C16H22F3NO3. The number of nitrogens with one attached hydrogen (secondary N) is 1. The average Bonchev–Trinajstić information content (AvgIpc) is 2.49. The van der Waals surface area contributed by atoms with E-state index in [1.165, 1.54) is 16.7 Å². The maximum Gasteiger partial charge on any atom is 0.490 e. The number of carboxylic acid groups (broad SMARTS) is 1. The zero-order valence-corrected chi connectivity index (χ0v) is 13.2. The fourth-order valence-electron chi connectivity index (χ4n) is 2.13. The molecular weight excluding hydrogens is 311 g/mol. The van der Waals surface area contributed by atoms with Crippen molar-refractivity contribution in [2.45, 2.75) is 45.6 Å². The molecule has 2 N–H and O–H groups in total. The smallest absolute Gasteiger partial charge is 0.475 e. The van der Waals surface area contributed by atoms with Gasteiger partial charge >= 0.3 is 12.1 Å². The molecule has 1 aliphatic rings. The number of alkyl halides is 3. The number of rotatable bonds is 3. The van der Waals surface area contributed by atoms with E-state index in [0.717, 1.165) is 32.5 Å². The molecule has 0 aliphatic carbocycles. The van der Waals surface area contributed by atoms with Gasteiger partial charge in [0.15, 0.2) is 0 Å². The van der Waals surface area contributed by atoms with Crippen LogP contribution in [0.5, 0.6) is 0 Å². The number of halogens is 3. The van der Waals surface area contributed by atoms with Gasteiger partial charge in [-0.3, -0.25) is 0 Å². The molecule has 0 aromatic heterocycles. The second-order valence-electron chi connectivity index (χ2n) is 5.49. The van der Waals surface area contributed by atoms with Crippen molar-refractivity contribution >= 4 is 5.97 Å². The summed E-state index contributed by atoms with van der Waals surface area (Å²) in [5.74, 6) is -2.76. The Bertz CT molecular complexity index is 512. The predicted octanol–water partition coefficient (Wildman–Crippen LogP) is 3.21. The van der Waals surface area contributed by atoms with Gasteiger partial charge in [0.2, 0.25) is 0 Å². The minimum atomic E-state index is -5.08. The average molecular weight is 333 g/mol. The van der Waals surface area contributed by atoms with Gasteiger partial charge in [-0.25, -0.2) is 4.79 Å². The van der Waals surface area contributed by atoms with Gasteiger partial charge in [0, 0.05) is 0 Å². The molecule has 7 heteroatoms. The highest BCUT2D eigenvalue weighted by Gasteiger charge is 2.38. The molecule has 130 valence electrons. The number of aryl methyl sites for hydroxylation is 2. The zero-order valence-electron chi connectivity index (χ0n) is 13.2. The lowest BCUT2D eigenvalue weighted by atomic mass is 10.1. The molecule has 1 aliphatic heterocycles. The summed E-state index contributed by atoms with van der Waals surface area (Å²) < 4.78 is 37.7. The number of hydrogen-bond donors (Lipinski definition) is 2. The van der Waals surface area contributed by atoms with E-state index >= 15 is 0 Å². The highest BCUT2D eigenvalue weighted by atomic mass is 19.4. The molecule has 1 fully saturated rings. The van der Waals surface area contributed by atoms with Crippen LogP contribution in [0.4, 0.5) is 13.2 Å². The lowest BCUT2D eigenvalue weighted by molar-refractivity contribution is -0.192. The van der Waals surface area contributed by atoms with E-state index in [1.54, 1.807) is 0 Å². The van der Waals surface area contributed by atoms with E-state index in [1.807, 2.05) is 0 Å². The summed E-state index contributed by atoms with van der Waals surface area (Å²) in [6, 6.07) is 6.57. The number of aliphatic carboxylic acids is 1. The molecule has 1 aromatic carbocycles. The van der Waals surface area contributed by atoms with Gasteiger partial charge in [0.05, 0.1) is 12.7 Å². The van der Waals surface area contributed by atoms with E-state index < -0.39 is 12.1 Å². The van der Waals surface area contributed by atoms with Crippen molar-refractivity contribution in [2.75, 3.05) is 13.1 Å². The Morgan fingerprint density at radius 2 is 1.87 bits per heavy atom. The van der Waals surface area contributed by atoms with Gasteiger partial charge in [-0.2, -0.15) is 13.2 Å². The second-order valence-corrected chi connectivity index (χ2v) is 5.49. The summed E-state index contributed by atoms with van der Waals surface area (Å²) in [6.45, 7) is 7.24. The fraction of sp³-hybridized carbons (Fsp3) is 0.562. The van der Waals surface area contributed by atoms with E-state index in [2.05, 4.69) is 37.4 Å². The Morgan fingerprint density at radius 3 is 2.39 bits per heavy atom. The number of carbonyl (C=O) groups is 1. The number of hydrogen-bond acceptors (Lipinski definition) is 3. The van der Waals surface area contributed by atoms with Crippen LogP contribution >= 0.6 is 0 Å². The Hall–Kier alpha value is -1.60. The van der Waals surface area contributed by atoms with Crippen molar-refractivity contribution in [3.05, 3.63) is 34.9 Å². The molecule has 1 aromatic rings. The Morgan fingerprint density at radius 1 is 1.30 bits per heavy atom. The number of ether oxygens (including phenoxy) is 1. The largest absolute Gasteiger partial charge is 0.490 e. The minimum absolute atomic E-state index is 0.446. The third-order valence-corrected chi connectivity index (χ3v) is 3.51. The Kier molecular flexibility index (Phi) is 7.51. The fourth-order valence-corrected chi connectivity index (χ4v) is 2.13. The molecule has 2 rings (SSSR count).